The molecule has 4 aromatic rings. The Bertz CT molecular complexity index is 1660. The molecule has 46 heavy (non-hydrogen) atoms. The average molecular weight is 629 g/mol. The van der Waals surface area contributed by atoms with E-state index in [0.29, 0.717) is 22.1 Å². The number of esters is 4. The highest BCUT2D eigenvalue weighted by atomic mass is 16.6. The van der Waals surface area contributed by atoms with Crippen molar-refractivity contribution in [1.82, 2.24) is 0 Å². The minimum absolute atomic E-state index is 0.330. The molecule has 0 bridgehead atoms. The molecule has 4 rings (SSSR count). The number of hydrogen-bond donors (Lipinski definition) is 2. The van der Waals surface area contributed by atoms with Crippen LogP contribution in [0.3, 0.4) is 0 Å². The summed E-state index contributed by atoms with van der Waals surface area (Å²) >= 11 is 0. The third-order valence-electron chi connectivity index (χ3n) is 6.72. The van der Waals surface area contributed by atoms with E-state index >= 15 is 0 Å². The first-order valence-corrected chi connectivity index (χ1v) is 14.2. The van der Waals surface area contributed by atoms with Crippen LogP contribution < -0.4 is 10.6 Å². The van der Waals surface area contributed by atoms with Gasteiger partial charge in [0.05, 0.1) is 0 Å². The first kappa shape index (κ1) is 33.1. The Kier molecular flexibility index (Phi) is 10.7. The summed E-state index contributed by atoms with van der Waals surface area (Å²) in [7, 11) is 0. The lowest BCUT2D eigenvalue weighted by Crippen LogP contribution is -2.57. The number of anilines is 2. The van der Waals surface area contributed by atoms with Crippen LogP contribution in [0.2, 0.25) is 0 Å². The molecule has 0 aliphatic carbocycles. The molecular weight excluding hydrogens is 596 g/mol. The van der Waals surface area contributed by atoms with E-state index in [1.165, 1.54) is 0 Å². The molecule has 0 aliphatic heterocycles. The Morgan fingerprint density at radius 3 is 1.13 bits per heavy atom. The van der Waals surface area contributed by atoms with Crippen LogP contribution in [0.15, 0.2) is 84.9 Å². The molecule has 0 aliphatic rings. The van der Waals surface area contributed by atoms with Crippen LogP contribution >= 0.6 is 0 Å². The van der Waals surface area contributed by atoms with Gasteiger partial charge in [-0.1, -0.05) is 72.8 Å². The third-order valence-corrected chi connectivity index (χ3v) is 6.72. The fraction of sp³-hybridized carbons (Fsp3) is 0.235. The van der Waals surface area contributed by atoms with Gasteiger partial charge in [-0.05, 0) is 22.9 Å². The standard InChI is InChI=1S/C34H32N2O10/c1-19(37)43-29(31(45-21(3)39)33(41)35-27-17-9-13-23-11-5-7-15-25(23)27)30(44-20(2)38)32(46-22(4)40)34(42)36-28-18-10-14-24-12-6-8-16-26(24)28/h5-18,29-32H,1-4H3,(H,35,41)(H,36,42)/t29-,30-,31+,32+/m1/s1. The third kappa shape index (κ3) is 8.23. The summed E-state index contributed by atoms with van der Waals surface area (Å²) < 4.78 is 21.5. The van der Waals surface area contributed by atoms with Gasteiger partial charge in [-0.25, -0.2) is 0 Å². The van der Waals surface area contributed by atoms with Crippen molar-refractivity contribution in [2.45, 2.75) is 52.1 Å². The van der Waals surface area contributed by atoms with Crippen molar-refractivity contribution in [2.24, 2.45) is 0 Å². The van der Waals surface area contributed by atoms with E-state index in [2.05, 4.69) is 10.6 Å². The van der Waals surface area contributed by atoms with Gasteiger partial charge in [0.25, 0.3) is 11.8 Å². The maximum Gasteiger partial charge on any atom is 0.303 e. The lowest BCUT2D eigenvalue weighted by atomic mass is 9.99. The normalized spacial score (nSPS) is 13.4. The molecule has 2 amide bonds. The number of ether oxygens (including phenoxy) is 4. The maximum atomic E-state index is 13.8. The molecule has 4 aromatic carbocycles. The van der Waals surface area contributed by atoms with E-state index in [-0.39, 0.29) is 0 Å². The maximum absolute atomic E-state index is 13.8. The second-order valence-electron chi connectivity index (χ2n) is 10.2. The zero-order chi connectivity index (χ0) is 33.4. The highest BCUT2D eigenvalue weighted by Gasteiger charge is 2.49. The number of fused-ring (bicyclic) bond motifs is 2. The van der Waals surface area contributed by atoms with Gasteiger partial charge < -0.3 is 29.6 Å². The van der Waals surface area contributed by atoms with Crippen LogP contribution in [0.1, 0.15) is 27.7 Å². The van der Waals surface area contributed by atoms with Crippen LogP contribution in [0, 0.1) is 0 Å². The zero-order valence-corrected chi connectivity index (χ0v) is 25.5. The lowest BCUT2D eigenvalue weighted by molar-refractivity contribution is -0.198. The number of rotatable bonds is 11. The molecule has 0 heterocycles. The zero-order valence-electron chi connectivity index (χ0n) is 25.5. The lowest BCUT2D eigenvalue weighted by Gasteiger charge is -2.34. The van der Waals surface area contributed by atoms with Crippen molar-refractivity contribution in [3.8, 4) is 0 Å². The van der Waals surface area contributed by atoms with Crippen LogP contribution in [-0.4, -0.2) is 60.1 Å². The quantitative estimate of drug-likeness (QED) is 0.181. The predicted octanol–water partition coefficient (Wildman–Crippen LogP) is 4.30. The number of amides is 2. The summed E-state index contributed by atoms with van der Waals surface area (Å²) in [5.41, 5.74) is 0.659. The van der Waals surface area contributed by atoms with Gasteiger partial charge >= 0.3 is 23.9 Å². The molecule has 12 nitrogen and oxygen atoms in total. The van der Waals surface area contributed by atoms with Crippen molar-refractivity contribution < 1.29 is 47.7 Å². The minimum atomic E-state index is -1.98. The Labute approximate surface area is 263 Å². The number of nitrogens with one attached hydrogen (secondary N) is 2. The molecule has 0 fully saturated rings. The van der Waals surface area contributed by atoms with Gasteiger partial charge in [-0.15, -0.1) is 0 Å². The van der Waals surface area contributed by atoms with E-state index < -0.39 is 60.1 Å². The van der Waals surface area contributed by atoms with Crippen LogP contribution in [-0.2, 0) is 47.7 Å². The second-order valence-corrected chi connectivity index (χ2v) is 10.2. The molecular formula is C34H32N2O10. The van der Waals surface area contributed by atoms with Crippen LogP contribution in [0.4, 0.5) is 11.4 Å². The van der Waals surface area contributed by atoms with Gasteiger partial charge in [-0.2, -0.15) is 0 Å². The SMILES string of the molecule is CC(=O)O[C@H]([C@@H](OC(C)=O)[C@H](OC(C)=O)C(=O)Nc1cccc2ccccc12)[C@H](OC(C)=O)C(=O)Nc1cccc2ccccc12. The monoisotopic (exact) mass is 628 g/mol. The van der Waals surface area contributed by atoms with E-state index in [4.69, 9.17) is 18.9 Å². The van der Waals surface area contributed by atoms with Gasteiger partial charge in [0.1, 0.15) is 0 Å². The summed E-state index contributed by atoms with van der Waals surface area (Å²) in [5, 5.41) is 8.20. The first-order valence-electron chi connectivity index (χ1n) is 14.2. The molecule has 0 spiro atoms. The van der Waals surface area contributed by atoms with E-state index in [0.717, 1.165) is 38.5 Å². The fourth-order valence-electron chi connectivity index (χ4n) is 4.96. The molecule has 12 heteroatoms. The number of benzene rings is 4. The second kappa shape index (κ2) is 14.8. The van der Waals surface area contributed by atoms with Crippen molar-refractivity contribution in [3.05, 3.63) is 84.9 Å². The molecule has 238 valence electrons. The summed E-state index contributed by atoms with van der Waals surface area (Å²) in [4.78, 5) is 77.0. The van der Waals surface area contributed by atoms with Crippen LogP contribution in [0.25, 0.3) is 21.5 Å². The highest BCUT2D eigenvalue weighted by molar-refractivity contribution is 6.06. The van der Waals surface area contributed by atoms with Gasteiger partial charge in [-0.3, -0.25) is 28.8 Å². The van der Waals surface area contributed by atoms with Crippen molar-refractivity contribution in [2.75, 3.05) is 10.6 Å². The first-order chi connectivity index (χ1) is 21.9. The Morgan fingerprint density at radius 1 is 0.457 bits per heavy atom. The smallest absolute Gasteiger partial charge is 0.303 e. The average Bonchev–Trinajstić information content (AvgIpc) is 3.00. The largest absolute Gasteiger partial charge is 0.454 e. The number of carbonyl (C=O) groups excluding carboxylic acids is 6. The van der Waals surface area contributed by atoms with E-state index in [1.807, 2.05) is 36.4 Å². The Morgan fingerprint density at radius 2 is 0.783 bits per heavy atom. The molecule has 2 N–H and O–H groups in total. The fourth-order valence-corrected chi connectivity index (χ4v) is 4.96. The molecule has 0 aromatic heterocycles. The Balaban J connectivity index is 1.78. The summed E-state index contributed by atoms with van der Waals surface area (Å²) in [5.74, 6) is -5.83. The topological polar surface area (TPSA) is 163 Å². The van der Waals surface area contributed by atoms with Crippen molar-refractivity contribution in [1.29, 1.82) is 0 Å². The van der Waals surface area contributed by atoms with Crippen molar-refractivity contribution in [3.63, 3.8) is 0 Å². The predicted molar refractivity (Wildman–Crippen MR) is 167 cm³/mol. The van der Waals surface area contributed by atoms with Gasteiger partial charge in [0.2, 0.25) is 12.2 Å². The Hall–Kier alpha value is -5.78. The van der Waals surface area contributed by atoms with E-state index in [9.17, 15) is 28.8 Å². The molecule has 0 unspecified atom stereocenters. The molecule has 0 saturated heterocycles. The van der Waals surface area contributed by atoms with E-state index in [1.54, 1.807) is 48.5 Å². The summed E-state index contributed by atoms with van der Waals surface area (Å²) in [6.07, 6.45) is -7.87. The van der Waals surface area contributed by atoms with Gasteiger partial charge in [0.15, 0.2) is 12.2 Å². The molecule has 0 radical (unpaired) electrons. The highest BCUT2D eigenvalue weighted by Crippen LogP contribution is 2.27. The van der Waals surface area contributed by atoms with Crippen LogP contribution in [0.5, 0.6) is 0 Å². The van der Waals surface area contributed by atoms with Crippen molar-refractivity contribution >= 4 is 68.6 Å². The number of carbonyl (C=O) groups is 6. The molecule has 4 atom stereocenters. The summed E-state index contributed by atoms with van der Waals surface area (Å²) in [6, 6.07) is 24.6. The number of hydrogen-bond acceptors (Lipinski definition) is 10. The van der Waals surface area contributed by atoms with Gasteiger partial charge in [0, 0.05) is 49.8 Å². The minimum Gasteiger partial charge on any atom is -0.454 e. The summed E-state index contributed by atoms with van der Waals surface area (Å²) in [6.45, 7) is 4.03. The molecule has 0 saturated carbocycles.